The van der Waals surface area contributed by atoms with E-state index >= 15 is 0 Å². The first kappa shape index (κ1) is 51.1. The molecule has 0 spiro atoms. The van der Waals surface area contributed by atoms with Gasteiger partial charge in [-0.1, -0.05) is 258 Å². The Morgan fingerprint density at radius 3 is 1.08 bits per heavy atom. The van der Waals surface area contributed by atoms with Gasteiger partial charge < -0.3 is 9.80 Å². The van der Waals surface area contributed by atoms with Crippen LogP contribution in [0.5, 0.6) is 0 Å². The average Bonchev–Trinajstić information content (AvgIpc) is 1.61. The van der Waals surface area contributed by atoms with Crippen molar-refractivity contribution in [2.45, 2.75) is 38.5 Å². The zero-order chi connectivity index (χ0) is 57.7. The summed E-state index contributed by atoms with van der Waals surface area (Å²) < 4.78 is 0. The van der Waals surface area contributed by atoms with Gasteiger partial charge in [0.2, 0.25) is 0 Å². The summed E-state index contributed by atoms with van der Waals surface area (Å²) in [5, 5.41) is 7.48. The van der Waals surface area contributed by atoms with Gasteiger partial charge >= 0.3 is 0 Å². The number of nitrogens with zero attached hydrogens (tertiary/aromatic N) is 2. The first-order valence-corrected chi connectivity index (χ1v) is 30.1. The molecule has 0 saturated heterocycles. The van der Waals surface area contributed by atoms with Crippen molar-refractivity contribution in [1.82, 2.24) is 0 Å². The second-order valence-electron chi connectivity index (χ2n) is 24.4. The first-order valence-electron chi connectivity index (χ1n) is 30.1. The number of hydrogen-bond acceptors (Lipinski definition) is 2. The topological polar surface area (TPSA) is 6.48 Å². The highest BCUT2D eigenvalue weighted by atomic mass is 15.2. The quantitative estimate of drug-likeness (QED) is 0.135. The Bertz CT molecular complexity index is 4930. The number of anilines is 6. The highest BCUT2D eigenvalue weighted by molar-refractivity contribution is 6.10. The fourth-order valence-corrected chi connectivity index (χ4v) is 14.5. The van der Waals surface area contributed by atoms with E-state index in [1.54, 1.807) is 0 Å². The maximum absolute atomic E-state index is 2.58. The van der Waals surface area contributed by atoms with E-state index in [1.165, 1.54) is 127 Å². The molecule has 86 heavy (non-hydrogen) atoms. The predicted octanol–water partition coefficient (Wildman–Crippen LogP) is 23.4. The van der Waals surface area contributed by atoms with E-state index in [0.29, 0.717) is 0 Å². The molecule has 0 atom stereocenters. The summed E-state index contributed by atoms with van der Waals surface area (Å²) in [4.78, 5) is 4.95. The Kier molecular flexibility index (Phi) is 11.9. The third-order valence-corrected chi connectivity index (χ3v) is 18.9. The van der Waals surface area contributed by atoms with E-state index < -0.39 is 0 Å². The maximum atomic E-state index is 2.58. The Morgan fingerprint density at radius 1 is 0.221 bits per heavy atom. The van der Waals surface area contributed by atoms with Crippen LogP contribution in [0.25, 0.3) is 99.1 Å². The minimum atomic E-state index is -0.291. The first-order chi connectivity index (χ1) is 42.2. The van der Waals surface area contributed by atoms with Gasteiger partial charge in [0.25, 0.3) is 0 Å². The monoisotopic (exact) mass is 1100 g/mol. The summed E-state index contributed by atoms with van der Waals surface area (Å²) in [6, 6.07) is 113. The highest BCUT2D eigenvalue weighted by Crippen LogP contribution is 2.60. The van der Waals surface area contributed by atoms with Crippen molar-refractivity contribution in [3.05, 3.63) is 326 Å². The molecule has 2 aliphatic rings. The molecule has 14 aromatic rings. The number of benzene rings is 14. The van der Waals surface area contributed by atoms with Gasteiger partial charge in [0, 0.05) is 44.5 Å². The van der Waals surface area contributed by atoms with Gasteiger partial charge in [-0.25, -0.2) is 0 Å². The molecule has 0 unspecified atom stereocenters. The Labute approximate surface area is 504 Å². The van der Waals surface area contributed by atoms with Gasteiger partial charge in [-0.2, -0.15) is 0 Å². The molecule has 2 aliphatic carbocycles. The Hall–Kier alpha value is -10.5. The van der Waals surface area contributed by atoms with Crippen LogP contribution >= 0.6 is 0 Å². The number of rotatable bonds is 10. The summed E-state index contributed by atoms with van der Waals surface area (Å²) in [6.07, 6.45) is 0. The Balaban J connectivity index is 0.836. The molecule has 0 heterocycles. The smallest absolute Gasteiger partial charge is 0.0543 e. The van der Waals surface area contributed by atoms with Crippen molar-refractivity contribution in [2.75, 3.05) is 9.80 Å². The van der Waals surface area contributed by atoms with Crippen LogP contribution in [-0.4, -0.2) is 0 Å². The van der Waals surface area contributed by atoms with E-state index in [-0.39, 0.29) is 10.8 Å². The second-order valence-corrected chi connectivity index (χ2v) is 24.4. The third-order valence-electron chi connectivity index (χ3n) is 18.9. The van der Waals surface area contributed by atoms with Crippen molar-refractivity contribution < 1.29 is 0 Å². The molecule has 0 aliphatic heterocycles. The molecule has 2 heteroatoms. The van der Waals surface area contributed by atoms with Crippen LogP contribution in [0.1, 0.15) is 49.9 Å². The molecule has 408 valence electrons. The van der Waals surface area contributed by atoms with Crippen molar-refractivity contribution >= 4 is 66.4 Å². The Morgan fingerprint density at radius 2 is 0.581 bits per heavy atom. The van der Waals surface area contributed by atoms with Crippen LogP contribution in [-0.2, 0) is 10.8 Å². The van der Waals surface area contributed by atoms with Crippen LogP contribution in [0.3, 0.4) is 0 Å². The number of hydrogen-bond donors (Lipinski definition) is 0. The molecule has 0 fully saturated rings. The van der Waals surface area contributed by atoms with Crippen LogP contribution in [0, 0.1) is 0 Å². The molecule has 2 nitrogen and oxygen atoms in total. The van der Waals surface area contributed by atoms with Gasteiger partial charge in [0.1, 0.15) is 0 Å². The van der Waals surface area contributed by atoms with Gasteiger partial charge in [-0.15, -0.1) is 0 Å². The van der Waals surface area contributed by atoms with Gasteiger partial charge in [-0.05, 0) is 183 Å². The third kappa shape index (κ3) is 8.23. The van der Waals surface area contributed by atoms with Crippen molar-refractivity contribution in [3.8, 4) is 66.8 Å². The summed E-state index contributed by atoms with van der Waals surface area (Å²) in [5.41, 5.74) is 26.5. The summed E-state index contributed by atoms with van der Waals surface area (Å²) in [7, 11) is 0. The molecule has 14 aromatic carbocycles. The standard InChI is InChI=1S/C84H62N2/c1-83(2)75-32-18-34-80(86(65-45-37-58(38-46-65)56-21-9-6-10-22-56)66-49-41-62(42-50-66)70-30-16-26-60-24-12-14-28-68(60)70)82(75)74-54-77-73(53-78(74)83)81-72-31-17-33-79(71(72)51-52-76(81)84(77,3)4)85(63-43-35-57(36-44-63)55-19-7-5-8-20-55)64-47-39-61(40-48-64)69-29-15-25-59-23-11-13-27-67(59)69/h5-54H,1-4H3. The fourth-order valence-electron chi connectivity index (χ4n) is 14.5. The lowest BCUT2D eigenvalue weighted by Gasteiger charge is -2.29. The van der Waals surface area contributed by atoms with E-state index in [2.05, 4.69) is 341 Å². The maximum Gasteiger partial charge on any atom is 0.0543 e. The normalized spacial score (nSPS) is 13.3. The fraction of sp³-hybridized carbons (Fsp3) is 0.0714. The van der Waals surface area contributed by atoms with Crippen LogP contribution in [0.4, 0.5) is 34.1 Å². The SMILES string of the molecule is CC1(C)c2cc3c(cc2-c2c(N(c4ccc(-c5ccccc5)cc4)c4ccc(-c5cccc6ccccc56)cc4)cccc21)C(C)(C)c1ccc2c(N(c4ccc(-c5ccccc5)cc4)c4ccc(-c5cccc6ccccc56)cc4)cccc2c1-3. The molecule has 0 amide bonds. The molecule has 0 saturated carbocycles. The van der Waals surface area contributed by atoms with E-state index in [4.69, 9.17) is 0 Å². The molecule has 0 N–H and O–H groups in total. The zero-order valence-electron chi connectivity index (χ0n) is 48.8. The van der Waals surface area contributed by atoms with Gasteiger partial charge in [-0.3, -0.25) is 0 Å². The van der Waals surface area contributed by atoms with Crippen molar-refractivity contribution in [2.24, 2.45) is 0 Å². The van der Waals surface area contributed by atoms with E-state index in [1.807, 2.05) is 0 Å². The van der Waals surface area contributed by atoms with E-state index in [9.17, 15) is 0 Å². The predicted molar refractivity (Wildman–Crippen MR) is 365 cm³/mol. The average molecular weight is 1100 g/mol. The largest absolute Gasteiger partial charge is 0.310 e. The lowest BCUT2D eigenvalue weighted by molar-refractivity contribution is 0.652. The van der Waals surface area contributed by atoms with Crippen molar-refractivity contribution in [3.63, 3.8) is 0 Å². The highest BCUT2D eigenvalue weighted by Gasteiger charge is 2.44. The van der Waals surface area contributed by atoms with E-state index in [0.717, 1.165) is 28.4 Å². The summed E-state index contributed by atoms with van der Waals surface area (Å²) in [6.45, 7) is 9.73. The molecule has 0 radical (unpaired) electrons. The van der Waals surface area contributed by atoms with Crippen LogP contribution in [0.2, 0.25) is 0 Å². The molecule has 0 bridgehead atoms. The van der Waals surface area contributed by atoms with Gasteiger partial charge in [0.05, 0.1) is 11.4 Å². The molecular formula is C84H62N2. The summed E-state index contributed by atoms with van der Waals surface area (Å²) in [5.74, 6) is 0. The van der Waals surface area contributed by atoms with Crippen LogP contribution in [0.15, 0.2) is 303 Å². The second kappa shape index (κ2) is 20.1. The minimum Gasteiger partial charge on any atom is -0.310 e. The molecule has 0 aromatic heterocycles. The summed E-state index contributed by atoms with van der Waals surface area (Å²) >= 11 is 0. The molecular weight excluding hydrogens is 1040 g/mol. The zero-order valence-corrected chi connectivity index (χ0v) is 48.8. The van der Waals surface area contributed by atoms with Crippen molar-refractivity contribution in [1.29, 1.82) is 0 Å². The number of fused-ring (bicyclic) bond motifs is 10. The lowest BCUT2D eigenvalue weighted by atomic mass is 9.79. The lowest BCUT2D eigenvalue weighted by Crippen LogP contribution is -2.17. The van der Waals surface area contributed by atoms with Crippen LogP contribution < -0.4 is 9.80 Å². The van der Waals surface area contributed by atoms with Gasteiger partial charge in [0.15, 0.2) is 0 Å². The molecule has 16 rings (SSSR count). The minimum absolute atomic E-state index is 0.277.